The molecule has 0 radical (unpaired) electrons. The van der Waals surface area contributed by atoms with Crippen LogP contribution in [-0.4, -0.2) is 29.7 Å². The SMILES string of the molecule is CC(C)C(C(=O)NCCC(F)(F)F)C(N)=NO. The molecule has 1 unspecified atom stereocenters. The molecule has 8 heteroatoms. The van der Waals surface area contributed by atoms with Crippen molar-refractivity contribution >= 4 is 11.7 Å². The molecule has 0 aromatic carbocycles. The van der Waals surface area contributed by atoms with Crippen LogP contribution in [0.3, 0.4) is 0 Å². The van der Waals surface area contributed by atoms with Crippen LogP contribution >= 0.6 is 0 Å². The van der Waals surface area contributed by atoms with Crippen LogP contribution in [0.25, 0.3) is 0 Å². The molecule has 0 spiro atoms. The molecule has 0 saturated carbocycles. The molecule has 4 N–H and O–H groups in total. The lowest BCUT2D eigenvalue weighted by molar-refractivity contribution is -0.136. The van der Waals surface area contributed by atoms with E-state index in [9.17, 15) is 18.0 Å². The summed E-state index contributed by atoms with van der Waals surface area (Å²) in [5.41, 5.74) is 5.29. The fourth-order valence-corrected chi connectivity index (χ4v) is 1.28. The Kier molecular flexibility index (Phi) is 5.77. The normalized spacial score (nSPS) is 14.8. The number of rotatable bonds is 5. The molecule has 0 rings (SSSR count). The molecular formula is C9H16F3N3O2. The monoisotopic (exact) mass is 255 g/mol. The standard InChI is InChI=1S/C9H16F3N3O2/c1-5(2)6(7(13)15-17)8(16)14-4-3-9(10,11)12/h5-6,17H,3-4H2,1-2H3,(H2,13,15)(H,14,16). The average molecular weight is 255 g/mol. The zero-order valence-electron chi connectivity index (χ0n) is 9.58. The molecule has 1 atom stereocenters. The highest BCUT2D eigenvalue weighted by molar-refractivity contribution is 6.02. The summed E-state index contributed by atoms with van der Waals surface area (Å²) in [6.45, 7) is 2.77. The van der Waals surface area contributed by atoms with E-state index in [0.29, 0.717) is 0 Å². The van der Waals surface area contributed by atoms with Crippen molar-refractivity contribution in [3.05, 3.63) is 0 Å². The average Bonchev–Trinajstić information content (AvgIpc) is 2.14. The minimum atomic E-state index is -4.32. The highest BCUT2D eigenvalue weighted by atomic mass is 19.4. The fourth-order valence-electron chi connectivity index (χ4n) is 1.28. The van der Waals surface area contributed by atoms with Gasteiger partial charge in [0.25, 0.3) is 0 Å². The second-order valence-corrected chi connectivity index (χ2v) is 3.90. The first-order valence-corrected chi connectivity index (χ1v) is 5.01. The number of nitrogens with one attached hydrogen (secondary N) is 1. The van der Waals surface area contributed by atoms with Gasteiger partial charge in [-0.3, -0.25) is 4.79 Å². The van der Waals surface area contributed by atoms with Crippen molar-refractivity contribution in [3.8, 4) is 0 Å². The van der Waals surface area contributed by atoms with Gasteiger partial charge in [-0.05, 0) is 5.92 Å². The Bertz CT molecular complexity index is 290. The first kappa shape index (κ1) is 15.5. The minimum absolute atomic E-state index is 0.281. The van der Waals surface area contributed by atoms with E-state index in [1.165, 1.54) is 0 Å². The Hall–Kier alpha value is -1.47. The van der Waals surface area contributed by atoms with E-state index >= 15 is 0 Å². The molecule has 0 aromatic heterocycles. The number of nitrogens with zero attached hydrogens (tertiary/aromatic N) is 1. The van der Waals surface area contributed by atoms with Crippen molar-refractivity contribution in [1.29, 1.82) is 0 Å². The van der Waals surface area contributed by atoms with Gasteiger partial charge in [-0.25, -0.2) is 0 Å². The van der Waals surface area contributed by atoms with E-state index in [0.717, 1.165) is 0 Å². The number of alkyl halides is 3. The van der Waals surface area contributed by atoms with Gasteiger partial charge in [-0.2, -0.15) is 13.2 Å². The Labute approximate surface area is 96.9 Å². The molecule has 0 aromatic rings. The third-order valence-corrected chi connectivity index (χ3v) is 2.09. The van der Waals surface area contributed by atoms with E-state index in [4.69, 9.17) is 10.9 Å². The van der Waals surface area contributed by atoms with Crippen molar-refractivity contribution in [2.45, 2.75) is 26.4 Å². The summed E-state index contributed by atoms with van der Waals surface area (Å²) in [4.78, 5) is 11.5. The van der Waals surface area contributed by atoms with Gasteiger partial charge in [0.15, 0.2) is 5.84 Å². The maximum Gasteiger partial charge on any atom is 0.390 e. The van der Waals surface area contributed by atoms with Gasteiger partial charge in [0.2, 0.25) is 5.91 Å². The van der Waals surface area contributed by atoms with E-state index in [1.54, 1.807) is 13.8 Å². The zero-order valence-corrected chi connectivity index (χ0v) is 9.58. The van der Waals surface area contributed by atoms with E-state index in [2.05, 4.69) is 10.5 Å². The lowest BCUT2D eigenvalue weighted by Gasteiger charge is -2.18. The summed E-state index contributed by atoms with van der Waals surface area (Å²) in [6.07, 6.45) is -5.43. The summed E-state index contributed by atoms with van der Waals surface area (Å²) < 4.78 is 35.6. The van der Waals surface area contributed by atoms with Gasteiger partial charge in [0.05, 0.1) is 6.42 Å². The van der Waals surface area contributed by atoms with Crippen molar-refractivity contribution in [2.24, 2.45) is 22.7 Å². The number of carbonyl (C=O) groups excluding carboxylic acids is 1. The third-order valence-electron chi connectivity index (χ3n) is 2.09. The Morgan fingerprint density at radius 2 is 2.00 bits per heavy atom. The van der Waals surface area contributed by atoms with Crippen LogP contribution in [-0.2, 0) is 4.79 Å². The van der Waals surface area contributed by atoms with Gasteiger partial charge >= 0.3 is 6.18 Å². The van der Waals surface area contributed by atoms with Gasteiger partial charge in [0.1, 0.15) is 5.92 Å². The Morgan fingerprint density at radius 3 is 2.35 bits per heavy atom. The lowest BCUT2D eigenvalue weighted by atomic mass is 9.94. The van der Waals surface area contributed by atoms with Gasteiger partial charge in [-0.15, -0.1) is 0 Å². The van der Waals surface area contributed by atoms with Crippen molar-refractivity contribution in [3.63, 3.8) is 0 Å². The summed E-state index contributed by atoms with van der Waals surface area (Å²) in [5, 5.41) is 13.3. The molecule has 0 saturated heterocycles. The maximum absolute atomic E-state index is 11.9. The second-order valence-electron chi connectivity index (χ2n) is 3.90. The lowest BCUT2D eigenvalue weighted by Crippen LogP contribution is -2.42. The van der Waals surface area contributed by atoms with E-state index in [-0.39, 0.29) is 11.8 Å². The van der Waals surface area contributed by atoms with Gasteiger partial charge in [-0.1, -0.05) is 19.0 Å². The van der Waals surface area contributed by atoms with Crippen LogP contribution in [0.15, 0.2) is 5.16 Å². The predicted molar refractivity (Wildman–Crippen MR) is 55.4 cm³/mol. The molecule has 0 heterocycles. The smallest absolute Gasteiger partial charge is 0.390 e. The van der Waals surface area contributed by atoms with Crippen LogP contribution in [0.4, 0.5) is 13.2 Å². The largest absolute Gasteiger partial charge is 0.409 e. The molecule has 0 aliphatic heterocycles. The summed E-state index contributed by atoms with van der Waals surface area (Å²) in [6, 6.07) is 0. The van der Waals surface area contributed by atoms with E-state index in [1.807, 2.05) is 0 Å². The molecule has 100 valence electrons. The van der Waals surface area contributed by atoms with Crippen molar-refractivity contribution in [2.75, 3.05) is 6.54 Å². The topological polar surface area (TPSA) is 87.7 Å². The molecule has 17 heavy (non-hydrogen) atoms. The summed E-state index contributed by atoms with van der Waals surface area (Å²) in [7, 11) is 0. The van der Waals surface area contributed by atoms with Gasteiger partial charge in [0, 0.05) is 6.54 Å². The number of amidine groups is 1. The maximum atomic E-state index is 11.9. The fraction of sp³-hybridized carbons (Fsp3) is 0.778. The van der Waals surface area contributed by atoms with Gasteiger partial charge < -0.3 is 16.3 Å². The quantitative estimate of drug-likeness (QED) is 0.297. The van der Waals surface area contributed by atoms with Crippen LogP contribution < -0.4 is 11.1 Å². The number of carbonyl (C=O) groups is 1. The molecule has 0 bridgehead atoms. The molecule has 5 nitrogen and oxygen atoms in total. The minimum Gasteiger partial charge on any atom is -0.409 e. The number of hydrogen-bond acceptors (Lipinski definition) is 3. The highest BCUT2D eigenvalue weighted by Crippen LogP contribution is 2.18. The first-order valence-electron chi connectivity index (χ1n) is 5.01. The number of amides is 1. The number of hydrogen-bond donors (Lipinski definition) is 3. The molecule has 1 amide bonds. The first-order chi connectivity index (χ1) is 7.69. The molecule has 0 fully saturated rings. The van der Waals surface area contributed by atoms with Crippen molar-refractivity contribution < 1.29 is 23.2 Å². The summed E-state index contributed by atoms with van der Waals surface area (Å²) in [5.74, 6) is -2.21. The zero-order chi connectivity index (χ0) is 13.6. The highest BCUT2D eigenvalue weighted by Gasteiger charge is 2.29. The van der Waals surface area contributed by atoms with Crippen molar-refractivity contribution in [1.82, 2.24) is 5.32 Å². The Balaban J connectivity index is 4.36. The van der Waals surface area contributed by atoms with Crippen LogP contribution in [0.5, 0.6) is 0 Å². The predicted octanol–water partition coefficient (Wildman–Crippen LogP) is 1.07. The summed E-state index contributed by atoms with van der Waals surface area (Å²) >= 11 is 0. The second kappa shape index (κ2) is 6.31. The Morgan fingerprint density at radius 1 is 1.47 bits per heavy atom. The molecular weight excluding hydrogens is 239 g/mol. The van der Waals surface area contributed by atoms with Crippen LogP contribution in [0, 0.1) is 11.8 Å². The number of oxime groups is 1. The number of nitrogens with two attached hydrogens (primary N) is 1. The van der Waals surface area contributed by atoms with Crippen LogP contribution in [0.2, 0.25) is 0 Å². The van der Waals surface area contributed by atoms with E-state index < -0.39 is 31.0 Å². The number of halogens is 3. The van der Waals surface area contributed by atoms with Crippen LogP contribution in [0.1, 0.15) is 20.3 Å². The molecule has 0 aliphatic rings. The third kappa shape index (κ3) is 5.98. The molecule has 0 aliphatic carbocycles.